The summed E-state index contributed by atoms with van der Waals surface area (Å²) in [6.07, 6.45) is 0. The largest absolute Gasteiger partial charge is 0.332 e. The minimum atomic E-state index is -0.402. The number of amides is 1. The molecule has 3 aromatic carbocycles. The Morgan fingerprint density at radius 3 is 2.50 bits per heavy atom. The van der Waals surface area contributed by atoms with Crippen molar-refractivity contribution in [3.8, 4) is 5.69 Å². The third-order valence-electron chi connectivity index (χ3n) is 4.29. The van der Waals surface area contributed by atoms with E-state index in [1.165, 1.54) is 16.9 Å². The van der Waals surface area contributed by atoms with Gasteiger partial charge in [-0.25, -0.2) is 4.39 Å². The Kier molecular flexibility index (Phi) is 5.43. The Bertz CT molecular complexity index is 1270. The molecule has 0 unspecified atom stereocenters. The van der Waals surface area contributed by atoms with Gasteiger partial charge in [-0.05, 0) is 79.3 Å². The summed E-state index contributed by atoms with van der Waals surface area (Å²) in [5.41, 5.74) is 3.84. The fourth-order valence-electron chi connectivity index (χ4n) is 2.82. The van der Waals surface area contributed by atoms with Crippen LogP contribution in [0.1, 0.15) is 15.9 Å². The lowest BCUT2D eigenvalue weighted by Gasteiger charge is -2.10. The second kappa shape index (κ2) is 8.17. The molecule has 1 aromatic heterocycles. The highest BCUT2D eigenvalue weighted by atomic mass is 35.5. The molecule has 0 atom stereocenters. The van der Waals surface area contributed by atoms with E-state index in [2.05, 4.69) is 20.8 Å². The van der Waals surface area contributed by atoms with E-state index in [-0.39, 0.29) is 10.9 Å². The molecule has 0 bridgehead atoms. The second-order valence-corrected chi connectivity index (χ2v) is 7.38. The molecule has 0 saturated heterocycles. The van der Waals surface area contributed by atoms with Crippen LogP contribution in [0, 0.1) is 12.7 Å². The average molecular weight is 440 g/mol. The number of aromatic nitrogens is 3. The van der Waals surface area contributed by atoms with Crippen molar-refractivity contribution in [1.82, 2.24) is 20.3 Å². The van der Waals surface area contributed by atoms with Crippen LogP contribution in [0.2, 0.25) is 5.02 Å². The van der Waals surface area contributed by atoms with Crippen LogP contribution in [-0.2, 0) is 0 Å². The van der Waals surface area contributed by atoms with Crippen LogP contribution >= 0.6 is 23.8 Å². The molecule has 0 saturated carbocycles. The number of carbonyl (C=O) groups is 1. The topological polar surface area (TPSA) is 71.8 Å². The highest BCUT2D eigenvalue weighted by Gasteiger charge is 2.13. The van der Waals surface area contributed by atoms with Crippen LogP contribution in [-0.4, -0.2) is 26.0 Å². The van der Waals surface area contributed by atoms with Crippen LogP contribution in [0.5, 0.6) is 0 Å². The zero-order valence-corrected chi connectivity index (χ0v) is 17.3. The number of fused-ring (bicyclic) bond motifs is 1. The van der Waals surface area contributed by atoms with Gasteiger partial charge in [0.2, 0.25) is 0 Å². The Hall–Kier alpha value is -3.36. The lowest BCUT2D eigenvalue weighted by atomic mass is 10.1. The lowest BCUT2D eigenvalue weighted by Crippen LogP contribution is -2.34. The molecule has 0 fully saturated rings. The first-order chi connectivity index (χ1) is 14.4. The molecule has 0 aliphatic rings. The van der Waals surface area contributed by atoms with Gasteiger partial charge in [0.1, 0.15) is 16.9 Å². The first kappa shape index (κ1) is 19.9. The first-order valence-electron chi connectivity index (χ1n) is 8.90. The predicted octanol–water partition coefficient (Wildman–Crippen LogP) is 4.65. The quantitative estimate of drug-likeness (QED) is 0.455. The zero-order valence-electron chi connectivity index (χ0n) is 15.7. The molecule has 6 nitrogen and oxygen atoms in total. The molecule has 0 spiro atoms. The van der Waals surface area contributed by atoms with Gasteiger partial charge in [-0.15, -0.1) is 10.2 Å². The third kappa shape index (κ3) is 4.29. The summed E-state index contributed by atoms with van der Waals surface area (Å²) in [5, 5.41) is 14.8. The number of rotatable bonds is 3. The van der Waals surface area contributed by atoms with Gasteiger partial charge in [-0.3, -0.25) is 10.1 Å². The number of carbonyl (C=O) groups excluding carboxylic acids is 1. The molecule has 9 heteroatoms. The molecule has 150 valence electrons. The SMILES string of the molecule is Cc1ccc(C(=O)NC(=S)Nc2ccc3nn(-c4ccc(F)cc4)nc3c2)c(Cl)c1. The van der Waals surface area contributed by atoms with Gasteiger partial charge in [0, 0.05) is 5.69 Å². The van der Waals surface area contributed by atoms with E-state index >= 15 is 0 Å². The molecule has 30 heavy (non-hydrogen) atoms. The minimum Gasteiger partial charge on any atom is -0.332 e. The number of hydrogen-bond donors (Lipinski definition) is 2. The van der Waals surface area contributed by atoms with Crippen LogP contribution < -0.4 is 10.6 Å². The molecule has 1 heterocycles. The summed E-state index contributed by atoms with van der Waals surface area (Å²) < 4.78 is 13.1. The van der Waals surface area contributed by atoms with Crippen LogP contribution in [0.25, 0.3) is 16.7 Å². The Balaban J connectivity index is 1.48. The Labute approximate surface area is 181 Å². The summed E-state index contributed by atoms with van der Waals surface area (Å²) in [7, 11) is 0. The molecule has 1 amide bonds. The molecule has 0 aliphatic carbocycles. The maximum absolute atomic E-state index is 13.1. The van der Waals surface area contributed by atoms with Crippen LogP contribution in [0.4, 0.5) is 10.1 Å². The van der Waals surface area contributed by atoms with E-state index in [1.54, 1.807) is 48.5 Å². The van der Waals surface area contributed by atoms with Crippen molar-refractivity contribution in [2.45, 2.75) is 6.92 Å². The normalized spacial score (nSPS) is 10.8. The maximum Gasteiger partial charge on any atom is 0.258 e. The van der Waals surface area contributed by atoms with Crippen molar-refractivity contribution in [3.63, 3.8) is 0 Å². The van der Waals surface area contributed by atoms with Crippen molar-refractivity contribution >= 4 is 51.6 Å². The van der Waals surface area contributed by atoms with Gasteiger partial charge < -0.3 is 5.32 Å². The van der Waals surface area contributed by atoms with Gasteiger partial charge in [-0.2, -0.15) is 4.80 Å². The summed E-state index contributed by atoms with van der Waals surface area (Å²) in [5.74, 6) is -0.731. The van der Waals surface area contributed by atoms with E-state index in [9.17, 15) is 9.18 Å². The number of anilines is 1. The number of aryl methyl sites for hydroxylation is 1. The molecule has 0 aliphatic heterocycles. The standard InChI is InChI=1S/C21H15ClFN5OS/c1-12-2-8-16(17(22)10-12)20(29)25-21(30)24-14-5-9-18-19(11-14)27-28(26-18)15-6-3-13(23)4-7-15/h2-11H,1H3,(H2,24,25,29,30). The van der Waals surface area contributed by atoms with Crippen molar-refractivity contribution in [3.05, 3.63) is 82.6 Å². The van der Waals surface area contributed by atoms with Crippen molar-refractivity contribution < 1.29 is 9.18 Å². The number of thiocarbonyl (C=S) groups is 1. The predicted molar refractivity (Wildman–Crippen MR) is 119 cm³/mol. The fraction of sp³-hybridized carbons (Fsp3) is 0.0476. The summed E-state index contributed by atoms with van der Waals surface area (Å²) >= 11 is 11.4. The highest BCUT2D eigenvalue weighted by Crippen LogP contribution is 2.19. The average Bonchev–Trinajstić information content (AvgIpc) is 3.11. The Morgan fingerprint density at radius 2 is 1.77 bits per heavy atom. The highest BCUT2D eigenvalue weighted by molar-refractivity contribution is 7.80. The van der Waals surface area contributed by atoms with E-state index in [0.29, 0.717) is 33.0 Å². The first-order valence-corrected chi connectivity index (χ1v) is 9.69. The van der Waals surface area contributed by atoms with E-state index in [4.69, 9.17) is 23.8 Å². The van der Waals surface area contributed by atoms with Crippen LogP contribution in [0.15, 0.2) is 60.7 Å². The fourth-order valence-corrected chi connectivity index (χ4v) is 3.35. The molecule has 2 N–H and O–H groups in total. The van der Waals surface area contributed by atoms with E-state index in [1.807, 2.05) is 6.92 Å². The third-order valence-corrected chi connectivity index (χ3v) is 4.81. The monoisotopic (exact) mass is 439 g/mol. The summed E-state index contributed by atoms with van der Waals surface area (Å²) in [6, 6.07) is 16.3. The van der Waals surface area contributed by atoms with Crippen molar-refractivity contribution in [2.24, 2.45) is 0 Å². The van der Waals surface area contributed by atoms with E-state index < -0.39 is 5.91 Å². The maximum atomic E-state index is 13.1. The second-order valence-electron chi connectivity index (χ2n) is 6.56. The van der Waals surface area contributed by atoms with Gasteiger partial charge in [-0.1, -0.05) is 17.7 Å². The van der Waals surface area contributed by atoms with Gasteiger partial charge in [0.05, 0.1) is 16.3 Å². The molecular formula is C21H15ClFN5OS. The summed E-state index contributed by atoms with van der Waals surface area (Å²) in [4.78, 5) is 13.8. The van der Waals surface area contributed by atoms with Crippen molar-refractivity contribution in [1.29, 1.82) is 0 Å². The van der Waals surface area contributed by atoms with Crippen molar-refractivity contribution in [2.75, 3.05) is 5.32 Å². The van der Waals surface area contributed by atoms with Gasteiger partial charge in [0.15, 0.2) is 5.11 Å². The number of benzene rings is 3. The van der Waals surface area contributed by atoms with Crippen LogP contribution in [0.3, 0.4) is 0 Å². The molecular weight excluding hydrogens is 425 g/mol. The van der Waals surface area contributed by atoms with Gasteiger partial charge >= 0.3 is 0 Å². The smallest absolute Gasteiger partial charge is 0.258 e. The molecule has 4 rings (SSSR count). The number of nitrogens with zero attached hydrogens (tertiary/aromatic N) is 3. The van der Waals surface area contributed by atoms with E-state index in [0.717, 1.165) is 5.56 Å². The number of nitrogens with one attached hydrogen (secondary N) is 2. The molecule has 4 aromatic rings. The Morgan fingerprint density at radius 1 is 1.03 bits per heavy atom. The number of hydrogen-bond acceptors (Lipinski definition) is 4. The zero-order chi connectivity index (χ0) is 21.3. The summed E-state index contributed by atoms with van der Waals surface area (Å²) in [6.45, 7) is 1.89. The number of halogens is 2. The lowest BCUT2D eigenvalue weighted by molar-refractivity contribution is 0.0978. The molecule has 0 radical (unpaired) electrons. The van der Waals surface area contributed by atoms with Gasteiger partial charge in [0.25, 0.3) is 5.91 Å². The minimum absolute atomic E-state index is 0.127.